The summed E-state index contributed by atoms with van der Waals surface area (Å²) < 4.78 is 5.91. The summed E-state index contributed by atoms with van der Waals surface area (Å²) in [4.78, 5) is 25.5. The molecule has 1 aromatic heterocycles. The molecule has 0 aliphatic rings. The number of furan rings is 1. The lowest BCUT2D eigenvalue weighted by atomic mass is 10.0. The molecule has 30 heavy (non-hydrogen) atoms. The molecule has 1 N–H and O–H groups in total. The molecule has 0 saturated heterocycles. The maximum Gasteiger partial charge on any atom is 0.273 e. The Kier molecular flexibility index (Phi) is 6.72. The Morgan fingerprint density at radius 1 is 1.13 bits per heavy atom. The molecule has 0 fully saturated rings. The minimum Gasteiger partial charge on any atom is -0.456 e. The van der Waals surface area contributed by atoms with Crippen LogP contribution in [0.3, 0.4) is 0 Å². The molecular formula is C25H28N2O3. The predicted molar refractivity (Wildman–Crippen MR) is 121 cm³/mol. The van der Waals surface area contributed by atoms with E-state index in [1.165, 1.54) is 4.90 Å². The fraction of sp³-hybridized carbons (Fsp3) is 0.280. The van der Waals surface area contributed by atoms with Gasteiger partial charge in [-0.1, -0.05) is 42.8 Å². The molecular weight excluding hydrogens is 376 g/mol. The van der Waals surface area contributed by atoms with Gasteiger partial charge in [0.15, 0.2) is 0 Å². The molecule has 0 bridgehead atoms. The first-order chi connectivity index (χ1) is 14.4. The average molecular weight is 405 g/mol. The molecule has 2 aromatic carbocycles. The molecule has 0 saturated carbocycles. The standard InChI is InChI=1S/C25H28N2O3/c1-5-8-22(25(29)27(13-14-28)16-17(2)3)26-18(4)19-11-12-24-21(15-19)20-9-6-7-10-23(20)30-24/h6-12,14-16,18,26H,5,13H2,1-4H3/b22-8-. The number of nitrogens with one attached hydrogen (secondary N) is 1. The van der Waals surface area contributed by atoms with Crippen molar-refractivity contribution in [3.63, 3.8) is 0 Å². The second kappa shape index (κ2) is 9.44. The molecule has 0 spiro atoms. The third-order valence-corrected chi connectivity index (χ3v) is 4.86. The summed E-state index contributed by atoms with van der Waals surface area (Å²) in [7, 11) is 0. The Hall–Kier alpha value is -3.34. The highest BCUT2D eigenvalue weighted by molar-refractivity contribution is 6.05. The van der Waals surface area contributed by atoms with Crippen LogP contribution in [0.2, 0.25) is 0 Å². The largest absolute Gasteiger partial charge is 0.456 e. The number of carbonyl (C=O) groups is 2. The number of carbonyl (C=O) groups excluding carboxylic acids is 2. The maximum atomic E-state index is 13.0. The average Bonchev–Trinajstić information content (AvgIpc) is 3.10. The van der Waals surface area contributed by atoms with E-state index in [9.17, 15) is 9.59 Å². The molecule has 3 rings (SSSR count). The molecule has 5 nitrogen and oxygen atoms in total. The van der Waals surface area contributed by atoms with Gasteiger partial charge in [0.25, 0.3) is 5.91 Å². The van der Waals surface area contributed by atoms with Crippen LogP contribution in [-0.2, 0) is 9.59 Å². The molecule has 0 aliphatic carbocycles. The van der Waals surface area contributed by atoms with Crippen molar-refractivity contribution in [2.75, 3.05) is 6.54 Å². The summed E-state index contributed by atoms with van der Waals surface area (Å²) in [5, 5.41) is 5.47. The van der Waals surface area contributed by atoms with Crippen molar-refractivity contribution in [3.8, 4) is 0 Å². The van der Waals surface area contributed by atoms with Crippen LogP contribution < -0.4 is 5.32 Å². The van der Waals surface area contributed by atoms with Gasteiger partial charge in [0.2, 0.25) is 0 Å². The number of fused-ring (bicyclic) bond motifs is 3. The lowest BCUT2D eigenvalue weighted by Crippen LogP contribution is -2.35. The van der Waals surface area contributed by atoms with Crippen LogP contribution in [0.4, 0.5) is 0 Å². The zero-order valence-electron chi connectivity index (χ0n) is 17.9. The summed E-state index contributed by atoms with van der Waals surface area (Å²) in [5.41, 5.74) is 4.19. The van der Waals surface area contributed by atoms with Crippen molar-refractivity contribution >= 4 is 34.1 Å². The van der Waals surface area contributed by atoms with Crippen LogP contribution in [0.1, 0.15) is 45.7 Å². The van der Waals surface area contributed by atoms with Crippen molar-refractivity contribution in [2.45, 2.75) is 40.2 Å². The number of hydrogen-bond donors (Lipinski definition) is 1. The first kappa shape index (κ1) is 21.4. The van der Waals surface area contributed by atoms with E-state index in [0.29, 0.717) is 12.1 Å². The molecule has 1 heterocycles. The first-order valence-electron chi connectivity index (χ1n) is 10.2. The monoisotopic (exact) mass is 404 g/mol. The van der Waals surface area contributed by atoms with Crippen LogP contribution >= 0.6 is 0 Å². The predicted octanol–water partition coefficient (Wildman–Crippen LogP) is 5.48. The highest BCUT2D eigenvalue weighted by Crippen LogP contribution is 2.30. The summed E-state index contributed by atoms with van der Waals surface area (Å²) in [6.45, 7) is 7.82. The normalized spacial score (nSPS) is 12.6. The van der Waals surface area contributed by atoms with Crippen molar-refractivity contribution in [2.24, 2.45) is 0 Å². The smallest absolute Gasteiger partial charge is 0.273 e. The number of para-hydroxylation sites is 1. The second-order valence-corrected chi connectivity index (χ2v) is 7.58. The Morgan fingerprint density at radius 2 is 1.87 bits per heavy atom. The number of allylic oxidation sites excluding steroid dienone is 2. The summed E-state index contributed by atoms with van der Waals surface area (Å²) in [5.74, 6) is -0.216. The van der Waals surface area contributed by atoms with Gasteiger partial charge in [-0.15, -0.1) is 0 Å². The molecule has 3 aromatic rings. The summed E-state index contributed by atoms with van der Waals surface area (Å²) in [6.07, 6.45) is 5.01. The minimum atomic E-state index is -0.216. The van der Waals surface area contributed by atoms with Gasteiger partial charge in [0, 0.05) is 23.0 Å². The minimum absolute atomic E-state index is 0.0219. The number of rotatable bonds is 8. The lowest BCUT2D eigenvalue weighted by Gasteiger charge is -2.23. The fourth-order valence-electron chi connectivity index (χ4n) is 3.48. The van der Waals surface area contributed by atoms with Crippen molar-refractivity contribution < 1.29 is 14.0 Å². The van der Waals surface area contributed by atoms with Crippen LogP contribution in [0.25, 0.3) is 21.9 Å². The Balaban J connectivity index is 1.89. The van der Waals surface area contributed by atoms with Gasteiger partial charge in [-0.3, -0.25) is 4.79 Å². The van der Waals surface area contributed by atoms with Crippen molar-refractivity contribution in [1.29, 1.82) is 0 Å². The van der Waals surface area contributed by atoms with E-state index in [1.807, 2.05) is 70.2 Å². The van der Waals surface area contributed by atoms with Crippen LogP contribution in [-0.4, -0.2) is 23.6 Å². The van der Waals surface area contributed by atoms with E-state index in [1.54, 1.807) is 6.20 Å². The van der Waals surface area contributed by atoms with Crippen molar-refractivity contribution in [1.82, 2.24) is 10.2 Å². The van der Waals surface area contributed by atoms with Gasteiger partial charge in [-0.05, 0) is 51.0 Å². The van der Waals surface area contributed by atoms with Gasteiger partial charge in [-0.25, -0.2) is 0 Å². The third kappa shape index (κ3) is 4.62. The molecule has 1 amide bonds. The van der Waals surface area contributed by atoms with Gasteiger partial charge in [0.1, 0.15) is 17.5 Å². The van der Waals surface area contributed by atoms with Crippen molar-refractivity contribution in [3.05, 3.63) is 71.6 Å². The molecule has 1 unspecified atom stereocenters. The van der Waals surface area contributed by atoms with Crippen LogP contribution in [0.5, 0.6) is 0 Å². The van der Waals surface area contributed by atoms with E-state index in [4.69, 9.17) is 4.42 Å². The second-order valence-electron chi connectivity index (χ2n) is 7.58. The number of hydrogen-bond acceptors (Lipinski definition) is 4. The number of benzene rings is 2. The Labute approximate surface area is 177 Å². The SMILES string of the molecule is CC/C=C(\NC(C)c1ccc2oc3ccccc3c2c1)C(=O)N(C=C(C)C)CC=O. The highest BCUT2D eigenvalue weighted by Gasteiger charge is 2.19. The highest BCUT2D eigenvalue weighted by atomic mass is 16.3. The third-order valence-electron chi connectivity index (χ3n) is 4.86. The van der Waals surface area contributed by atoms with Gasteiger partial charge < -0.3 is 19.4 Å². The van der Waals surface area contributed by atoms with Gasteiger partial charge >= 0.3 is 0 Å². The van der Waals surface area contributed by atoms with Gasteiger partial charge in [-0.2, -0.15) is 0 Å². The number of aldehydes is 1. The quantitative estimate of drug-likeness (QED) is 0.399. The number of nitrogens with zero attached hydrogens (tertiary/aromatic N) is 1. The topological polar surface area (TPSA) is 62.6 Å². The summed E-state index contributed by atoms with van der Waals surface area (Å²) >= 11 is 0. The lowest BCUT2D eigenvalue weighted by molar-refractivity contribution is -0.127. The van der Waals surface area contributed by atoms with Gasteiger partial charge in [0.05, 0.1) is 12.2 Å². The molecule has 0 radical (unpaired) electrons. The Bertz CT molecular complexity index is 1120. The van der Waals surface area contributed by atoms with E-state index in [-0.39, 0.29) is 18.5 Å². The number of amides is 1. The van der Waals surface area contributed by atoms with E-state index in [2.05, 4.69) is 11.4 Å². The maximum absolute atomic E-state index is 13.0. The molecule has 0 aliphatic heterocycles. The molecule has 5 heteroatoms. The zero-order chi connectivity index (χ0) is 21.7. The summed E-state index contributed by atoms with van der Waals surface area (Å²) in [6, 6.07) is 13.9. The van der Waals surface area contributed by atoms with Crippen LogP contribution in [0.15, 0.2) is 70.4 Å². The van der Waals surface area contributed by atoms with E-state index in [0.717, 1.165) is 39.4 Å². The fourth-order valence-corrected chi connectivity index (χ4v) is 3.48. The van der Waals surface area contributed by atoms with E-state index >= 15 is 0 Å². The zero-order valence-corrected chi connectivity index (χ0v) is 17.9. The molecule has 156 valence electrons. The van der Waals surface area contributed by atoms with Crippen LogP contribution in [0, 0.1) is 0 Å². The Morgan fingerprint density at radius 3 is 2.57 bits per heavy atom. The first-order valence-corrected chi connectivity index (χ1v) is 10.2. The van der Waals surface area contributed by atoms with E-state index < -0.39 is 0 Å². The molecule has 1 atom stereocenters.